The zero-order valence-electron chi connectivity index (χ0n) is 19.0. The summed E-state index contributed by atoms with van der Waals surface area (Å²) in [6.07, 6.45) is 3.84. The maximum Gasteiger partial charge on any atom is 0.308 e. The predicted molar refractivity (Wildman–Crippen MR) is 128 cm³/mol. The molecule has 2 aromatic carbocycles. The Morgan fingerprint density at radius 2 is 1.33 bits per heavy atom. The van der Waals surface area contributed by atoms with Crippen LogP contribution in [0.15, 0.2) is 48.5 Å². The number of hydrogen-bond acceptors (Lipinski definition) is 4. The lowest BCUT2D eigenvalue weighted by Crippen LogP contribution is -2.44. The van der Waals surface area contributed by atoms with Gasteiger partial charge in [0.05, 0.1) is 0 Å². The third kappa shape index (κ3) is 8.46. The fraction of sp³-hybridized carbons (Fsp3) is 0.458. The standard InChI is InChI=1S/C24H36O4Si2/c1-20(25)27-24-17-9-7-13-22(24)15-11-19-30(4,5)28-29(2,3)18-10-14-21-12-6-8-16-23(21)26/h6-9,12-13,16-17,26H,10-11,14-15,18-19H2,1-5H3. The van der Waals surface area contributed by atoms with E-state index in [0.717, 1.165) is 48.9 Å². The van der Waals surface area contributed by atoms with Gasteiger partial charge in [-0.25, -0.2) is 0 Å². The summed E-state index contributed by atoms with van der Waals surface area (Å²) < 4.78 is 12.1. The smallest absolute Gasteiger partial charge is 0.308 e. The fourth-order valence-corrected chi connectivity index (χ4v) is 12.8. The van der Waals surface area contributed by atoms with Crippen molar-refractivity contribution >= 4 is 22.6 Å². The Hall–Kier alpha value is -1.90. The number of phenolic OH excluding ortho intramolecular Hbond substituents is 1. The van der Waals surface area contributed by atoms with Crippen LogP contribution in [0.5, 0.6) is 11.5 Å². The second-order valence-electron chi connectivity index (χ2n) is 9.16. The van der Waals surface area contributed by atoms with Crippen molar-refractivity contribution in [1.29, 1.82) is 0 Å². The average Bonchev–Trinajstić information content (AvgIpc) is 2.63. The van der Waals surface area contributed by atoms with E-state index in [1.807, 2.05) is 42.5 Å². The number of phenols is 1. The molecule has 0 aliphatic carbocycles. The molecule has 0 atom stereocenters. The van der Waals surface area contributed by atoms with E-state index in [-0.39, 0.29) is 5.97 Å². The molecule has 0 amide bonds. The summed E-state index contributed by atoms with van der Waals surface area (Å²) in [7, 11) is -3.54. The predicted octanol–water partition coefficient (Wildman–Crippen LogP) is 6.31. The van der Waals surface area contributed by atoms with E-state index in [9.17, 15) is 9.90 Å². The van der Waals surface area contributed by atoms with Crippen molar-refractivity contribution in [3.8, 4) is 11.5 Å². The lowest BCUT2D eigenvalue weighted by Gasteiger charge is -2.34. The van der Waals surface area contributed by atoms with Gasteiger partial charge in [0.25, 0.3) is 0 Å². The van der Waals surface area contributed by atoms with Gasteiger partial charge in [-0.1, -0.05) is 36.4 Å². The molecule has 0 saturated heterocycles. The van der Waals surface area contributed by atoms with Gasteiger partial charge in [0, 0.05) is 6.92 Å². The summed E-state index contributed by atoms with van der Waals surface area (Å²) >= 11 is 0. The Balaban J connectivity index is 1.82. The van der Waals surface area contributed by atoms with Gasteiger partial charge in [0.1, 0.15) is 11.5 Å². The van der Waals surface area contributed by atoms with Crippen molar-refractivity contribution in [2.45, 2.75) is 70.9 Å². The molecule has 4 nitrogen and oxygen atoms in total. The van der Waals surface area contributed by atoms with Crippen molar-refractivity contribution in [2.24, 2.45) is 0 Å². The van der Waals surface area contributed by atoms with Crippen LogP contribution in [0, 0.1) is 0 Å². The maximum absolute atomic E-state index is 11.3. The molecule has 2 aromatic rings. The molecule has 0 aromatic heterocycles. The van der Waals surface area contributed by atoms with Crippen LogP contribution in [0.4, 0.5) is 0 Å². The third-order valence-corrected chi connectivity index (χ3v) is 12.8. The first-order chi connectivity index (χ1) is 14.1. The third-order valence-electron chi connectivity index (χ3n) is 5.22. The van der Waals surface area contributed by atoms with Crippen LogP contribution in [0.1, 0.15) is 30.9 Å². The van der Waals surface area contributed by atoms with Crippen LogP contribution in [0.3, 0.4) is 0 Å². The molecule has 0 radical (unpaired) electrons. The number of ether oxygens (including phenoxy) is 1. The summed E-state index contributed by atoms with van der Waals surface area (Å²) in [5.74, 6) is 0.781. The Labute approximate surface area is 183 Å². The van der Waals surface area contributed by atoms with Crippen LogP contribution in [0.2, 0.25) is 38.3 Å². The SMILES string of the molecule is CC(=O)Oc1ccccc1CCC[Si](C)(C)O[Si](C)(C)CCCc1ccccc1O. The molecule has 0 aliphatic rings. The van der Waals surface area contributed by atoms with Gasteiger partial charge < -0.3 is 14.0 Å². The highest BCUT2D eigenvalue weighted by molar-refractivity contribution is 6.84. The minimum atomic E-state index is -1.78. The molecule has 6 heteroatoms. The minimum absolute atomic E-state index is 0.281. The van der Waals surface area contributed by atoms with Crippen molar-refractivity contribution in [2.75, 3.05) is 0 Å². The first-order valence-corrected chi connectivity index (χ1v) is 17.0. The van der Waals surface area contributed by atoms with Crippen molar-refractivity contribution in [1.82, 2.24) is 0 Å². The van der Waals surface area contributed by atoms with Crippen LogP contribution >= 0.6 is 0 Å². The van der Waals surface area contributed by atoms with Crippen LogP contribution in [-0.4, -0.2) is 27.7 Å². The summed E-state index contributed by atoms with van der Waals surface area (Å²) in [4.78, 5) is 11.3. The highest BCUT2D eigenvalue weighted by atomic mass is 28.4. The van der Waals surface area contributed by atoms with Gasteiger partial charge in [-0.3, -0.25) is 4.79 Å². The minimum Gasteiger partial charge on any atom is -0.508 e. The van der Waals surface area contributed by atoms with Crippen LogP contribution < -0.4 is 4.74 Å². The number of aromatic hydroxyl groups is 1. The Bertz CT molecular complexity index is 833. The lowest BCUT2D eigenvalue weighted by atomic mass is 10.1. The monoisotopic (exact) mass is 444 g/mol. The quantitative estimate of drug-likeness (QED) is 0.251. The number of para-hydroxylation sites is 2. The van der Waals surface area contributed by atoms with Crippen LogP contribution in [0.25, 0.3) is 0 Å². The number of rotatable bonds is 11. The first-order valence-electron chi connectivity index (χ1n) is 10.8. The average molecular weight is 445 g/mol. The second-order valence-corrected chi connectivity index (χ2v) is 18.0. The number of carbonyl (C=O) groups excluding carboxylic acids is 1. The van der Waals surface area contributed by atoms with E-state index in [1.165, 1.54) is 6.92 Å². The second kappa shape index (κ2) is 10.9. The first kappa shape index (κ1) is 24.4. The maximum atomic E-state index is 11.3. The molecule has 0 heterocycles. The summed E-state index contributed by atoms with van der Waals surface area (Å²) in [5.41, 5.74) is 2.10. The molecule has 0 unspecified atom stereocenters. The van der Waals surface area contributed by atoms with E-state index in [2.05, 4.69) is 26.2 Å². The summed E-state index contributed by atoms with van der Waals surface area (Å²) in [6, 6.07) is 17.5. The number of hydrogen-bond donors (Lipinski definition) is 1. The molecule has 1 N–H and O–H groups in total. The Morgan fingerprint density at radius 3 is 1.90 bits per heavy atom. The van der Waals surface area contributed by atoms with E-state index < -0.39 is 16.6 Å². The van der Waals surface area contributed by atoms with E-state index in [0.29, 0.717) is 11.5 Å². The zero-order chi connectivity index (χ0) is 22.2. The van der Waals surface area contributed by atoms with Crippen molar-refractivity contribution in [3.05, 3.63) is 59.7 Å². The van der Waals surface area contributed by atoms with Crippen molar-refractivity contribution < 1.29 is 18.8 Å². The van der Waals surface area contributed by atoms with E-state index in [4.69, 9.17) is 8.85 Å². The molecule has 0 spiro atoms. The zero-order valence-corrected chi connectivity index (χ0v) is 21.0. The topological polar surface area (TPSA) is 55.8 Å². The summed E-state index contributed by atoms with van der Waals surface area (Å²) in [5, 5.41) is 9.94. The number of carbonyl (C=O) groups is 1. The molecule has 164 valence electrons. The molecular weight excluding hydrogens is 408 g/mol. The number of esters is 1. The molecule has 0 aliphatic heterocycles. The Kier molecular flexibility index (Phi) is 8.88. The lowest BCUT2D eigenvalue weighted by molar-refractivity contribution is -0.131. The molecule has 0 saturated carbocycles. The van der Waals surface area contributed by atoms with Crippen LogP contribution in [-0.2, 0) is 21.8 Å². The molecule has 0 fully saturated rings. The number of aryl methyl sites for hydroxylation is 2. The molecule has 30 heavy (non-hydrogen) atoms. The fourth-order valence-electron chi connectivity index (χ4n) is 3.95. The van der Waals surface area contributed by atoms with E-state index in [1.54, 1.807) is 6.07 Å². The Morgan fingerprint density at radius 1 is 0.833 bits per heavy atom. The molecule has 0 bridgehead atoms. The number of benzene rings is 2. The molecule has 2 rings (SSSR count). The normalized spacial score (nSPS) is 12.0. The van der Waals surface area contributed by atoms with Gasteiger partial charge >= 0.3 is 5.97 Å². The van der Waals surface area contributed by atoms with Gasteiger partial charge in [-0.05, 0) is 87.2 Å². The van der Waals surface area contributed by atoms with Gasteiger partial charge in [-0.2, -0.15) is 0 Å². The summed E-state index contributed by atoms with van der Waals surface area (Å²) in [6.45, 7) is 10.7. The van der Waals surface area contributed by atoms with Gasteiger partial charge in [-0.15, -0.1) is 0 Å². The van der Waals surface area contributed by atoms with Gasteiger partial charge in [0.2, 0.25) is 0 Å². The highest BCUT2D eigenvalue weighted by Gasteiger charge is 2.32. The molecular formula is C24H36O4Si2. The largest absolute Gasteiger partial charge is 0.508 e. The van der Waals surface area contributed by atoms with Crippen molar-refractivity contribution in [3.63, 3.8) is 0 Å². The highest BCUT2D eigenvalue weighted by Crippen LogP contribution is 2.27. The van der Waals surface area contributed by atoms with E-state index >= 15 is 0 Å². The van der Waals surface area contributed by atoms with Gasteiger partial charge in [0.15, 0.2) is 16.6 Å².